The molecule has 180 valence electrons. The van der Waals surface area contributed by atoms with Gasteiger partial charge >= 0.3 is 0 Å². The summed E-state index contributed by atoms with van der Waals surface area (Å²) in [6.45, 7) is 0.394. The Morgan fingerprint density at radius 2 is 1.51 bits per heavy atom. The van der Waals surface area contributed by atoms with Crippen LogP contribution in [-0.4, -0.2) is 36.8 Å². The molecule has 0 fully saturated rings. The van der Waals surface area contributed by atoms with E-state index in [-0.39, 0.29) is 30.7 Å². The smallest absolute Gasteiger partial charge is 0.243 e. The molecule has 0 bridgehead atoms. The maximum atomic E-state index is 13.2. The highest BCUT2D eigenvalue weighted by molar-refractivity contribution is 6.03. The molecule has 1 heterocycles. The number of methoxy groups -OCH3 is 2. The van der Waals surface area contributed by atoms with Gasteiger partial charge in [-0.2, -0.15) is 5.10 Å². The van der Waals surface area contributed by atoms with Gasteiger partial charge in [-0.3, -0.25) is 9.59 Å². The summed E-state index contributed by atoms with van der Waals surface area (Å²) in [6, 6.07) is 24.8. The van der Waals surface area contributed by atoms with Crippen LogP contribution in [0.5, 0.6) is 11.5 Å². The van der Waals surface area contributed by atoms with Crippen molar-refractivity contribution in [3.63, 3.8) is 0 Å². The van der Waals surface area contributed by atoms with E-state index in [0.717, 1.165) is 33.9 Å². The normalized spacial score (nSPS) is 14.9. The van der Waals surface area contributed by atoms with E-state index >= 15 is 0 Å². The number of benzene rings is 3. The molecule has 3 aromatic carbocycles. The largest absolute Gasteiger partial charge is 0.497 e. The van der Waals surface area contributed by atoms with E-state index < -0.39 is 0 Å². The Balaban J connectivity index is 1.41. The summed E-state index contributed by atoms with van der Waals surface area (Å²) in [5.41, 5.74) is 3.77. The van der Waals surface area contributed by atoms with E-state index in [1.54, 1.807) is 14.2 Å². The number of nitrogens with zero attached hydrogens (tertiary/aromatic N) is 2. The van der Waals surface area contributed by atoms with Crippen molar-refractivity contribution < 1.29 is 19.1 Å². The van der Waals surface area contributed by atoms with E-state index in [2.05, 4.69) is 10.4 Å². The fraction of sp³-hybridized carbons (Fsp3) is 0.250. The van der Waals surface area contributed by atoms with Gasteiger partial charge in [0.05, 0.1) is 26.0 Å². The molecule has 7 nitrogen and oxygen atoms in total. The zero-order valence-corrected chi connectivity index (χ0v) is 19.9. The zero-order valence-electron chi connectivity index (χ0n) is 19.9. The molecule has 35 heavy (non-hydrogen) atoms. The molecule has 0 aromatic heterocycles. The maximum Gasteiger partial charge on any atom is 0.243 e. The molecule has 0 saturated heterocycles. The van der Waals surface area contributed by atoms with Crippen LogP contribution in [0.3, 0.4) is 0 Å². The van der Waals surface area contributed by atoms with Crippen LogP contribution in [0.2, 0.25) is 0 Å². The topological polar surface area (TPSA) is 80.2 Å². The van der Waals surface area contributed by atoms with Crippen molar-refractivity contribution in [2.24, 2.45) is 5.10 Å². The molecule has 0 saturated carbocycles. The second-order valence-corrected chi connectivity index (χ2v) is 8.27. The number of hydrogen-bond acceptors (Lipinski definition) is 5. The highest BCUT2D eigenvalue weighted by Crippen LogP contribution is 2.34. The monoisotopic (exact) mass is 471 g/mol. The molecule has 7 heteroatoms. The Hall–Kier alpha value is -4.13. The standard InChI is InChI=1S/C28H29N3O4/c1-34-23-12-8-20(9-13-23)19-29-27(32)16-17-28(33)31-26(22-10-14-24(35-2)15-11-22)18-25(30-31)21-6-4-3-5-7-21/h3-15,26H,16-19H2,1-2H3,(H,29,32). The molecule has 1 N–H and O–H groups in total. The first kappa shape index (κ1) is 24.0. The number of carbonyl (C=O) groups is 2. The van der Waals surface area contributed by atoms with Crippen LogP contribution in [0.1, 0.15) is 42.0 Å². The molecule has 1 unspecified atom stereocenters. The average molecular weight is 472 g/mol. The predicted molar refractivity (Wildman–Crippen MR) is 134 cm³/mol. The Morgan fingerprint density at radius 1 is 0.886 bits per heavy atom. The van der Waals surface area contributed by atoms with Crippen LogP contribution in [0.4, 0.5) is 0 Å². The van der Waals surface area contributed by atoms with Gasteiger partial charge < -0.3 is 14.8 Å². The van der Waals surface area contributed by atoms with Gasteiger partial charge in [0.1, 0.15) is 11.5 Å². The Kier molecular flexibility index (Phi) is 7.77. The predicted octanol–water partition coefficient (Wildman–Crippen LogP) is 4.48. The summed E-state index contributed by atoms with van der Waals surface area (Å²) in [6.07, 6.45) is 0.773. The van der Waals surface area contributed by atoms with Crippen molar-refractivity contribution in [1.82, 2.24) is 10.3 Å². The van der Waals surface area contributed by atoms with Crippen molar-refractivity contribution >= 4 is 17.5 Å². The van der Waals surface area contributed by atoms with Crippen LogP contribution in [0.15, 0.2) is 84.0 Å². The maximum absolute atomic E-state index is 13.2. The van der Waals surface area contributed by atoms with Crippen LogP contribution in [-0.2, 0) is 16.1 Å². The SMILES string of the molecule is COc1ccc(CNC(=O)CCC(=O)N2N=C(c3ccccc3)CC2c2ccc(OC)cc2)cc1. The molecule has 1 atom stereocenters. The van der Waals surface area contributed by atoms with Gasteiger partial charge in [0, 0.05) is 25.8 Å². The minimum Gasteiger partial charge on any atom is -0.497 e. The Labute approximate surface area is 205 Å². The van der Waals surface area contributed by atoms with Crippen LogP contribution >= 0.6 is 0 Å². The van der Waals surface area contributed by atoms with Crippen molar-refractivity contribution in [3.8, 4) is 11.5 Å². The van der Waals surface area contributed by atoms with Crippen LogP contribution in [0, 0.1) is 0 Å². The summed E-state index contributed by atoms with van der Waals surface area (Å²) in [4.78, 5) is 25.6. The minimum absolute atomic E-state index is 0.0761. The number of rotatable bonds is 9. The fourth-order valence-corrected chi connectivity index (χ4v) is 4.00. The molecular weight excluding hydrogens is 442 g/mol. The minimum atomic E-state index is -0.231. The number of nitrogens with one attached hydrogen (secondary N) is 1. The van der Waals surface area contributed by atoms with Gasteiger partial charge in [-0.15, -0.1) is 0 Å². The van der Waals surface area contributed by atoms with Crippen molar-refractivity contribution in [2.45, 2.75) is 31.8 Å². The molecule has 0 radical (unpaired) electrons. The third-order valence-corrected chi connectivity index (χ3v) is 5.99. The molecule has 3 aromatic rings. The number of hydrogen-bond donors (Lipinski definition) is 1. The molecule has 0 aliphatic carbocycles. The summed E-state index contributed by atoms with van der Waals surface area (Å²) in [7, 11) is 3.23. The fourth-order valence-electron chi connectivity index (χ4n) is 4.00. The summed E-state index contributed by atoms with van der Waals surface area (Å²) < 4.78 is 10.4. The summed E-state index contributed by atoms with van der Waals surface area (Å²) in [5.74, 6) is 1.15. The third-order valence-electron chi connectivity index (χ3n) is 5.99. The van der Waals surface area contributed by atoms with E-state index in [1.807, 2.05) is 78.9 Å². The first-order valence-corrected chi connectivity index (χ1v) is 11.6. The third kappa shape index (κ3) is 6.06. The molecule has 2 amide bonds. The van der Waals surface area contributed by atoms with Gasteiger partial charge in [0.25, 0.3) is 0 Å². The molecule has 4 rings (SSSR count). The highest BCUT2D eigenvalue weighted by Gasteiger charge is 2.33. The first-order valence-electron chi connectivity index (χ1n) is 11.6. The Morgan fingerprint density at radius 3 is 2.14 bits per heavy atom. The lowest BCUT2D eigenvalue weighted by Crippen LogP contribution is -2.29. The van der Waals surface area contributed by atoms with Gasteiger partial charge in [0.15, 0.2) is 0 Å². The van der Waals surface area contributed by atoms with E-state index in [0.29, 0.717) is 13.0 Å². The van der Waals surface area contributed by atoms with Crippen molar-refractivity contribution in [1.29, 1.82) is 0 Å². The van der Waals surface area contributed by atoms with Crippen LogP contribution in [0.25, 0.3) is 0 Å². The second kappa shape index (κ2) is 11.3. The van der Waals surface area contributed by atoms with Crippen molar-refractivity contribution in [3.05, 3.63) is 95.6 Å². The number of ether oxygens (including phenoxy) is 2. The number of carbonyl (C=O) groups excluding carboxylic acids is 2. The average Bonchev–Trinajstić information content (AvgIpc) is 3.37. The lowest BCUT2D eigenvalue weighted by Gasteiger charge is -2.22. The number of amides is 2. The van der Waals surface area contributed by atoms with Crippen molar-refractivity contribution in [2.75, 3.05) is 14.2 Å². The quantitative estimate of drug-likeness (QED) is 0.499. The lowest BCUT2D eigenvalue weighted by atomic mass is 9.98. The molecule has 0 spiro atoms. The van der Waals surface area contributed by atoms with E-state index in [4.69, 9.17) is 9.47 Å². The van der Waals surface area contributed by atoms with Gasteiger partial charge in [-0.1, -0.05) is 54.6 Å². The summed E-state index contributed by atoms with van der Waals surface area (Å²) in [5, 5.41) is 9.07. The van der Waals surface area contributed by atoms with E-state index in [9.17, 15) is 9.59 Å². The molecule has 1 aliphatic rings. The van der Waals surface area contributed by atoms with Gasteiger partial charge in [-0.25, -0.2) is 5.01 Å². The first-order chi connectivity index (χ1) is 17.1. The summed E-state index contributed by atoms with van der Waals surface area (Å²) >= 11 is 0. The molecule has 1 aliphatic heterocycles. The van der Waals surface area contributed by atoms with E-state index in [1.165, 1.54) is 5.01 Å². The Bertz CT molecular complexity index is 1180. The van der Waals surface area contributed by atoms with Crippen LogP contribution < -0.4 is 14.8 Å². The lowest BCUT2D eigenvalue weighted by molar-refractivity contribution is -0.135. The second-order valence-electron chi connectivity index (χ2n) is 8.27. The highest BCUT2D eigenvalue weighted by atomic mass is 16.5. The van der Waals surface area contributed by atoms with Gasteiger partial charge in [0.2, 0.25) is 11.8 Å². The van der Waals surface area contributed by atoms with Gasteiger partial charge in [-0.05, 0) is 41.0 Å². The number of hydrazone groups is 1. The molecular formula is C28H29N3O4. The zero-order chi connectivity index (χ0) is 24.6.